The van der Waals surface area contributed by atoms with Crippen LogP contribution in [0.4, 0.5) is 5.69 Å². The highest BCUT2D eigenvalue weighted by Crippen LogP contribution is 2.18. The van der Waals surface area contributed by atoms with Crippen molar-refractivity contribution in [1.29, 1.82) is 0 Å². The molecule has 17 heavy (non-hydrogen) atoms. The van der Waals surface area contributed by atoms with Gasteiger partial charge in [0, 0.05) is 12.2 Å². The van der Waals surface area contributed by atoms with Gasteiger partial charge in [-0.3, -0.25) is 0 Å². The van der Waals surface area contributed by atoms with Crippen molar-refractivity contribution in [2.24, 2.45) is 0 Å². The minimum atomic E-state index is -3.54. The van der Waals surface area contributed by atoms with Crippen LogP contribution < -0.4 is 5.73 Å². The fourth-order valence-electron chi connectivity index (χ4n) is 1.46. The Hall–Kier alpha value is -1.51. The normalized spacial score (nSPS) is 11.4. The largest absolute Gasteiger partial charge is 0.399 e. The summed E-state index contributed by atoms with van der Waals surface area (Å²) in [6.45, 7) is 2.38. The SMILES string of the molecule is C#CCN(CCC)S(=O)(=O)c1cccc(N)c1. The first-order chi connectivity index (χ1) is 8.02. The second-order valence-corrected chi connectivity index (χ2v) is 5.55. The molecule has 4 nitrogen and oxygen atoms in total. The van der Waals surface area contributed by atoms with Crippen LogP contribution in [0.25, 0.3) is 0 Å². The molecule has 1 aromatic carbocycles. The Bertz CT molecular complexity index is 518. The van der Waals surface area contributed by atoms with Gasteiger partial charge in [0.1, 0.15) is 0 Å². The van der Waals surface area contributed by atoms with E-state index in [1.165, 1.54) is 16.4 Å². The first-order valence-corrected chi connectivity index (χ1v) is 6.75. The molecule has 0 unspecified atom stereocenters. The lowest BCUT2D eigenvalue weighted by molar-refractivity contribution is 0.445. The smallest absolute Gasteiger partial charge is 0.244 e. The first kappa shape index (κ1) is 13.6. The molecule has 0 aliphatic carbocycles. The summed E-state index contributed by atoms with van der Waals surface area (Å²) >= 11 is 0. The average molecular weight is 252 g/mol. The van der Waals surface area contributed by atoms with Crippen molar-refractivity contribution in [3.05, 3.63) is 24.3 Å². The van der Waals surface area contributed by atoms with Crippen molar-refractivity contribution in [2.75, 3.05) is 18.8 Å². The molecule has 0 atom stereocenters. The third kappa shape index (κ3) is 3.22. The molecule has 0 radical (unpaired) electrons. The fourth-order valence-corrected chi connectivity index (χ4v) is 2.96. The van der Waals surface area contributed by atoms with Crippen molar-refractivity contribution < 1.29 is 8.42 Å². The number of anilines is 1. The molecule has 0 aliphatic rings. The molecule has 0 spiro atoms. The molecular formula is C12H16N2O2S. The van der Waals surface area contributed by atoms with E-state index in [4.69, 9.17) is 12.2 Å². The van der Waals surface area contributed by atoms with Gasteiger partial charge in [0.15, 0.2) is 0 Å². The number of nitrogens with two attached hydrogens (primary N) is 1. The van der Waals surface area contributed by atoms with Gasteiger partial charge in [0.25, 0.3) is 0 Å². The lowest BCUT2D eigenvalue weighted by Gasteiger charge is -2.19. The summed E-state index contributed by atoms with van der Waals surface area (Å²) in [7, 11) is -3.54. The van der Waals surface area contributed by atoms with E-state index in [0.29, 0.717) is 18.7 Å². The number of nitrogen functional groups attached to an aromatic ring is 1. The summed E-state index contributed by atoms with van der Waals surface area (Å²) in [5, 5.41) is 0. The zero-order valence-electron chi connectivity index (χ0n) is 9.76. The van der Waals surface area contributed by atoms with Gasteiger partial charge in [-0.25, -0.2) is 8.42 Å². The molecule has 0 amide bonds. The number of terminal acetylenes is 1. The molecule has 1 rings (SSSR count). The number of hydrogen-bond donors (Lipinski definition) is 1. The summed E-state index contributed by atoms with van der Waals surface area (Å²) < 4.78 is 25.8. The Morgan fingerprint density at radius 3 is 2.71 bits per heavy atom. The number of nitrogens with zero attached hydrogens (tertiary/aromatic N) is 1. The van der Waals surface area contributed by atoms with Gasteiger partial charge in [-0.2, -0.15) is 4.31 Å². The third-order valence-corrected chi connectivity index (χ3v) is 4.08. The highest BCUT2D eigenvalue weighted by atomic mass is 32.2. The zero-order valence-corrected chi connectivity index (χ0v) is 10.6. The van der Waals surface area contributed by atoms with Crippen LogP contribution >= 0.6 is 0 Å². The van der Waals surface area contributed by atoms with Gasteiger partial charge in [0.05, 0.1) is 11.4 Å². The third-order valence-electron chi connectivity index (χ3n) is 2.24. The predicted octanol–water partition coefficient (Wildman–Crippen LogP) is 1.30. The summed E-state index contributed by atoms with van der Waals surface area (Å²) in [5.41, 5.74) is 6.00. The van der Waals surface area contributed by atoms with Gasteiger partial charge in [0.2, 0.25) is 10.0 Å². The zero-order chi connectivity index (χ0) is 12.9. The maximum Gasteiger partial charge on any atom is 0.244 e. The molecule has 0 fully saturated rings. The maximum atomic E-state index is 12.2. The van der Waals surface area contributed by atoms with Crippen molar-refractivity contribution in [3.63, 3.8) is 0 Å². The van der Waals surface area contributed by atoms with E-state index in [0.717, 1.165) is 0 Å². The van der Waals surface area contributed by atoms with Crippen molar-refractivity contribution in [2.45, 2.75) is 18.2 Å². The van der Waals surface area contributed by atoms with E-state index >= 15 is 0 Å². The minimum absolute atomic E-state index is 0.0744. The van der Waals surface area contributed by atoms with Crippen molar-refractivity contribution >= 4 is 15.7 Å². The van der Waals surface area contributed by atoms with Crippen LogP contribution in [0, 0.1) is 12.3 Å². The summed E-state index contributed by atoms with van der Waals surface area (Å²) in [5.74, 6) is 2.36. The van der Waals surface area contributed by atoms with Crippen LogP contribution in [0.2, 0.25) is 0 Å². The Morgan fingerprint density at radius 1 is 1.47 bits per heavy atom. The summed E-state index contributed by atoms with van der Waals surface area (Å²) in [4.78, 5) is 0.182. The topological polar surface area (TPSA) is 63.4 Å². The van der Waals surface area contributed by atoms with Gasteiger partial charge in [-0.15, -0.1) is 6.42 Å². The Labute approximate surface area is 102 Å². The lowest BCUT2D eigenvalue weighted by atomic mass is 10.3. The number of sulfonamides is 1. The summed E-state index contributed by atoms with van der Waals surface area (Å²) in [6.07, 6.45) is 5.90. The van der Waals surface area contributed by atoms with E-state index in [9.17, 15) is 8.42 Å². The van der Waals surface area contributed by atoms with E-state index < -0.39 is 10.0 Å². The monoisotopic (exact) mass is 252 g/mol. The summed E-state index contributed by atoms with van der Waals surface area (Å²) in [6, 6.07) is 6.21. The second-order valence-electron chi connectivity index (χ2n) is 3.62. The van der Waals surface area contributed by atoms with Gasteiger partial charge < -0.3 is 5.73 Å². The molecule has 0 heterocycles. The van der Waals surface area contributed by atoms with E-state index in [1.54, 1.807) is 12.1 Å². The van der Waals surface area contributed by atoms with Crippen molar-refractivity contribution in [1.82, 2.24) is 4.31 Å². The number of rotatable bonds is 5. The predicted molar refractivity (Wildman–Crippen MR) is 68.7 cm³/mol. The molecule has 92 valence electrons. The fraction of sp³-hybridized carbons (Fsp3) is 0.333. The van der Waals surface area contributed by atoms with E-state index in [2.05, 4.69) is 5.92 Å². The lowest BCUT2D eigenvalue weighted by Crippen LogP contribution is -2.32. The minimum Gasteiger partial charge on any atom is -0.399 e. The first-order valence-electron chi connectivity index (χ1n) is 5.31. The Kier molecular flexibility index (Phi) is 4.55. The number of hydrogen-bond acceptors (Lipinski definition) is 3. The standard InChI is InChI=1S/C12H16N2O2S/c1-3-8-14(9-4-2)17(15,16)12-7-5-6-11(13)10-12/h1,5-7,10H,4,8-9,13H2,2H3. The van der Waals surface area contributed by atoms with Crippen molar-refractivity contribution in [3.8, 4) is 12.3 Å². The van der Waals surface area contributed by atoms with Crippen LogP contribution in [-0.4, -0.2) is 25.8 Å². The highest BCUT2D eigenvalue weighted by molar-refractivity contribution is 7.89. The van der Waals surface area contributed by atoms with Crippen LogP contribution in [0.5, 0.6) is 0 Å². The average Bonchev–Trinajstić information content (AvgIpc) is 2.29. The molecule has 0 saturated heterocycles. The molecule has 0 bridgehead atoms. The molecule has 5 heteroatoms. The quantitative estimate of drug-likeness (QED) is 0.634. The van der Waals surface area contributed by atoms with Gasteiger partial charge in [-0.1, -0.05) is 18.9 Å². The van der Waals surface area contributed by atoms with Crippen LogP contribution in [0.15, 0.2) is 29.2 Å². The van der Waals surface area contributed by atoms with Crippen LogP contribution in [0.1, 0.15) is 13.3 Å². The molecule has 1 aromatic rings. The Morgan fingerprint density at radius 2 is 2.18 bits per heavy atom. The van der Waals surface area contributed by atoms with E-state index in [-0.39, 0.29) is 11.4 Å². The molecule has 0 aromatic heterocycles. The van der Waals surface area contributed by atoms with Gasteiger partial charge >= 0.3 is 0 Å². The van der Waals surface area contributed by atoms with Crippen LogP contribution in [0.3, 0.4) is 0 Å². The van der Waals surface area contributed by atoms with Crippen LogP contribution in [-0.2, 0) is 10.0 Å². The Balaban J connectivity index is 3.12. The molecule has 0 aliphatic heterocycles. The molecule has 0 saturated carbocycles. The number of benzene rings is 1. The van der Waals surface area contributed by atoms with Gasteiger partial charge in [-0.05, 0) is 24.6 Å². The highest BCUT2D eigenvalue weighted by Gasteiger charge is 2.22. The molecule has 2 N–H and O–H groups in total. The second kappa shape index (κ2) is 5.71. The van der Waals surface area contributed by atoms with E-state index in [1.807, 2.05) is 6.92 Å². The molecular weight excluding hydrogens is 236 g/mol. The maximum absolute atomic E-state index is 12.2.